The minimum atomic E-state index is -0.941. The number of carbonyl (C=O) groups is 1. The largest absolute Gasteiger partial charge is 0.455 e. The summed E-state index contributed by atoms with van der Waals surface area (Å²) >= 11 is 0. The molecule has 1 aromatic rings. The van der Waals surface area contributed by atoms with Gasteiger partial charge in [0.05, 0.1) is 0 Å². The van der Waals surface area contributed by atoms with Gasteiger partial charge in [-0.05, 0) is 5.56 Å². The van der Waals surface area contributed by atoms with Crippen LogP contribution in [0.3, 0.4) is 0 Å². The molecule has 1 aromatic carbocycles. The number of benzene rings is 1. The third kappa shape index (κ3) is 3.12. The highest BCUT2D eigenvalue weighted by molar-refractivity contribution is 6.42. The van der Waals surface area contributed by atoms with Crippen LogP contribution in [0.15, 0.2) is 35.5 Å². The second-order valence-corrected chi connectivity index (χ2v) is 2.62. The molecule has 15 heavy (non-hydrogen) atoms. The van der Waals surface area contributed by atoms with Crippen molar-refractivity contribution >= 4 is 11.7 Å². The van der Waals surface area contributed by atoms with Crippen LogP contribution in [-0.4, -0.2) is 16.9 Å². The van der Waals surface area contributed by atoms with E-state index in [1.807, 2.05) is 6.07 Å². The number of hydrogen-bond donors (Lipinski definition) is 1. The van der Waals surface area contributed by atoms with E-state index in [4.69, 9.17) is 15.2 Å². The molecule has 0 bridgehead atoms. The summed E-state index contributed by atoms with van der Waals surface area (Å²) in [6, 6.07) is 10.4. The van der Waals surface area contributed by atoms with Gasteiger partial charge in [-0.15, -0.1) is 0 Å². The van der Waals surface area contributed by atoms with Crippen LogP contribution < -0.4 is 0 Å². The maximum absolute atomic E-state index is 11.0. The molecule has 1 N–H and O–H groups in total. The van der Waals surface area contributed by atoms with Crippen LogP contribution in [0.4, 0.5) is 0 Å². The summed E-state index contributed by atoms with van der Waals surface area (Å²) in [4.78, 5) is 11.0. The van der Waals surface area contributed by atoms with Gasteiger partial charge in [-0.25, -0.2) is 4.79 Å². The van der Waals surface area contributed by atoms with Crippen molar-refractivity contribution in [2.24, 2.45) is 5.16 Å². The molecule has 0 aromatic heterocycles. The lowest BCUT2D eigenvalue weighted by molar-refractivity contribution is -0.136. The summed E-state index contributed by atoms with van der Waals surface area (Å²) in [5.41, 5.74) is 0.131. The van der Waals surface area contributed by atoms with Crippen LogP contribution in [0.25, 0.3) is 0 Å². The summed E-state index contributed by atoms with van der Waals surface area (Å²) in [5.74, 6) is -0.941. The van der Waals surface area contributed by atoms with Gasteiger partial charge in [0.25, 0.3) is 5.71 Å². The minimum Gasteiger partial charge on any atom is -0.455 e. The molecule has 0 saturated heterocycles. The molecule has 0 atom stereocenters. The van der Waals surface area contributed by atoms with Crippen LogP contribution in [0.1, 0.15) is 5.56 Å². The average Bonchev–Trinajstić information content (AvgIpc) is 2.29. The predicted molar refractivity (Wildman–Crippen MR) is 51.1 cm³/mol. The monoisotopic (exact) mass is 204 g/mol. The fourth-order valence-corrected chi connectivity index (χ4v) is 0.900. The molecule has 0 amide bonds. The van der Waals surface area contributed by atoms with Crippen molar-refractivity contribution in [1.29, 1.82) is 5.26 Å². The van der Waals surface area contributed by atoms with Gasteiger partial charge in [0.15, 0.2) is 0 Å². The number of nitriles is 1. The van der Waals surface area contributed by atoms with E-state index in [2.05, 4.69) is 5.16 Å². The molecular formula is C10H8N2O3. The second kappa shape index (κ2) is 5.40. The Kier molecular flexibility index (Phi) is 3.86. The van der Waals surface area contributed by atoms with Crippen molar-refractivity contribution in [3.8, 4) is 6.07 Å². The molecule has 5 nitrogen and oxygen atoms in total. The second-order valence-electron chi connectivity index (χ2n) is 2.62. The lowest BCUT2D eigenvalue weighted by Crippen LogP contribution is -2.15. The Balaban J connectivity index is 2.53. The highest BCUT2D eigenvalue weighted by atomic mass is 16.5. The summed E-state index contributed by atoms with van der Waals surface area (Å²) in [5, 5.41) is 19.1. The Hall–Kier alpha value is -2.35. The van der Waals surface area contributed by atoms with E-state index in [0.717, 1.165) is 5.56 Å². The van der Waals surface area contributed by atoms with E-state index in [-0.39, 0.29) is 6.61 Å². The number of carbonyl (C=O) groups excluding carboxylic acids is 1. The Bertz CT molecular complexity index is 406. The third-order valence-electron chi connectivity index (χ3n) is 1.61. The molecule has 0 aliphatic heterocycles. The van der Waals surface area contributed by atoms with Gasteiger partial charge in [0.1, 0.15) is 12.7 Å². The molecule has 76 valence electrons. The zero-order valence-electron chi connectivity index (χ0n) is 7.75. The van der Waals surface area contributed by atoms with Crippen molar-refractivity contribution < 1.29 is 14.7 Å². The molecule has 1 rings (SSSR count). The van der Waals surface area contributed by atoms with Gasteiger partial charge in [-0.1, -0.05) is 35.5 Å². The van der Waals surface area contributed by atoms with Gasteiger partial charge >= 0.3 is 5.97 Å². The maximum Gasteiger partial charge on any atom is 0.371 e. The summed E-state index contributed by atoms with van der Waals surface area (Å²) < 4.78 is 4.72. The average molecular weight is 204 g/mol. The molecule has 0 aliphatic carbocycles. The van der Waals surface area contributed by atoms with Crippen LogP contribution in [-0.2, 0) is 16.1 Å². The lowest BCUT2D eigenvalue weighted by atomic mass is 10.2. The topological polar surface area (TPSA) is 82.7 Å². The first-order chi connectivity index (χ1) is 7.27. The number of rotatable bonds is 3. The molecule has 0 spiro atoms. The van der Waals surface area contributed by atoms with Crippen molar-refractivity contribution in [3.63, 3.8) is 0 Å². The molecule has 0 unspecified atom stereocenters. The SMILES string of the molecule is N#C/C(=N\O)C(=O)OCc1ccccc1. The van der Waals surface area contributed by atoms with Gasteiger partial charge in [0, 0.05) is 0 Å². The highest BCUT2D eigenvalue weighted by Crippen LogP contribution is 2.00. The van der Waals surface area contributed by atoms with E-state index < -0.39 is 11.7 Å². The van der Waals surface area contributed by atoms with Crippen LogP contribution in [0, 0.1) is 11.3 Å². The van der Waals surface area contributed by atoms with Gasteiger partial charge in [-0.2, -0.15) is 5.26 Å². The van der Waals surface area contributed by atoms with Crippen LogP contribution in [0.2, 0.25) is 0 Å². The first-order valence-corrected chi connectivity index (χ1v) is 4.11. The highest BCUT2D eigenvalue weighted by Gasteiger charge is 2.12. The predicted octanol–water partition coefficient (Wildman–Crippen LogP) is 1.08. The van der Waals surface area contributed by atoms with Crippen LogP contribution in [0.5, 0.6) is 0 Å². The number of nitrogens with zero attached hydrogens (tertiary/aromatic N) is 2. The first-order valence-electron chi connectivity index (χ1n) is 4.11. The van der Waals surface area contributed by atoms with Gasteiger partial charge < -0.3 is 9.94 Å². The minimum absolute atomic E-state index is 0.0420. The first kappa shape index (κ1) is 10.7. The normalized spacial score (nSPS) is 10.5. The molecule has 5 heteroatoms. The van der Waals surface area contributed by atoms with E-state index in [9.17, 15) is 4.79 Å². The Morgan fingerprint density at radius 1 is 1.47 bits per heavy atom. The summed E-state index contributed by atoms with van der Waals surface area (Å²) in [7, 11) is 0. The quantitative estimate of drug-likeness (QED) is 0.345. The van der Waals surface area contributed by atoms with Crippen molar-refractivity contribution in [2.75, 3.05) is 0 Å². The number of hydrogen-bond acceptors (Lipinski definition) is 5. The van der Waals surface area contributed by atoms with E-state index in [1.165, 1.54) is 6.07 Å². The fraction of sp³-hybridized carbons (Fsp3) is 0.100. The molecule has 0 radical (unpaired) electrons. The molecule has 0 fully saturated rings. The Morgan fingerprint density at radius 2 is 2.13 bits per heavy atom. The van der Waals surface area contributed by atoms with E-state index in [1.54, 1.807) is 24.3 Å². The zero-order chi connectivity index (χ0) is 11.1. The summed E-state index contributed by atoms with van der Waals surface area (Å²) in [6.45, 7) is 0.0420. The maximum atomic E-state index is 11.0. The smallest absolute Gasteiger partial charge is 0.371 e. The van der Waals surface area contributed by atoms with Crippen molar-refractivity contribution in [1.82, 2.24) is 0 Å². The molecule has 0 heterocycles. The number of oxime groups is 1. The van der Waals surface area contributed by atoms with E-state index in [0.29, 0.717) is 0 Å². The Labute approximate surface area is 86.2 Å². The molecule has 0 saturated carbocycles. The summed E-state index contributed by atoms with van der Waals surface area (Å²) in [6.07, 6.45) is 0. The third-order valence-corrected chi connectivity index (χ3v) is 1.61. The van der Waals surface area contributed by atoms with Gasteiger partial charge in [0.2, 0.25) is 0 Å². The fourth-order valence-electron chi connectivity index (χ4n) is 0.900. The lowest BCUT2D eigenvalue weighted by Gasteiger charge is -2.01. The zero-order valence-corrected chi connectivity index (χ0v) is 7.75. The number of ether oxygens (including phenoxy) is 1. The van der Waals surface area contributed by atoms with Crippen molar-refractivity contribution in [3.05, 3.63) is 35.9 Å². The van der Waals surface area contributed by atoms with Crippen molar-refractivity contribution in [2.45, 2.75) is 6.61 Å². The van der Waals surface area contributed by atoms with Crippen LogP contribution >= 0.6 is 0 Å². The number of esters is 1. The van der Waals surface area contributed by atoms with Gasteiger partial charge in [-0.3, -0.25) is 0 Å². The Morgan fingerprint density at radius 3 is 2.67 bits per heavy atom. The van der Waals surface area contributed by atoms with E-state index >= 15 is 0 Å². The molecular weight excluding hydrogens is 196 g/mol. The molecule has 0 aliphatic rings. The standard InChI is InChI=1S/C10H8N2O3/c11-6-9(12-14)10(13)15-7-8-4-2-1-3-5-8/h1-5,14H,7H2/b12-9+.